The summed E-state index contributed by atoms with van der Waals surface area (Å²) in [4.78, 5) is 25.4. The molecule has 0 radical (unpaired) electrons. The summed E-state index contributed by atoms with van der Waals surface area (Å²) in [6.45, 7) is 10.6. The molecule has 4 nitrogen and oxygen atoms in total. The maximum absolute atomic E-state index is 11.9. The van der Waals surface area contributed by atoms with Gasteiger partial charge in [-0.2, -0.15) is 0 Å². The summed E-state index contributed by atoms with van der Waals surface area (Å²) in [5, 5.41) is 2.48. The Morgan fingerprint density at radius 3 is 2.62 bits per heavy atom. The van der Waals surface area contributed by atoms with E-state index in [4.69, 9.17) is 0 Å². The van der Waals surface area contributed by atoms with Gasteiger partial charge in [0.25, 0.3) is 0 Å². The summed E-state index contributed by atoms with van der Waals surface area (Å²) in [5.74, 6) is 1.24. The molecule has 4 heteroatoms. The summed E-state index contributed by atoms with van der Waals surface area (Å²) in [6.07, 6.45) is 6.15. The Hall–Kier alpha value is -0.900. The van der Waals surface area contributed by atoms with E-state index < -0.39 is 0 Å². The first kappa shape index (κ1) is 18.1. The van der Waals surface area contributed by atoms with Gasteiger partial charge < -0.3 is 0 Å². The van der Waals surface area contributed by atoms with Gasteiger partial charge in [-0.25, -0.2) is 0 Å². The van der Waals surface area contributed by atoms with Crippen molar-refractivity contribution in [3.63, 3.8) is 0 Å². The molecule has 0 aromatic rings. The second-order valence-electron chi connectivity index (χ2n) is 6.13. The van der Waals surface area contributed by atoms with Crippen molar-refractivity contribution in [2.45, 2.75) is 72.3 Å². The predicted octanol–water partition coefficient (Wildman–Crippen LogP) is 2.97. The van der Waals surface area contributed by atoms with Gasteiger partial charge in [0, 0.05) is 13.0 Å². The first-order valence-electron chi connectivity index (χ1n) is 8.69. The maximum atomic E-state index is 11.9. The maximum Gasteiger partial charge on any atom is 0.243 e. The Morgan fingerprint density at radius 1 is 1.29 bits per heavy atom. The number of piperidine rings is 2. The molecule has 21 heavy (non-hydrogen) atoms. The minimum Gasteiger partial charge on any atom is -0.295 e. The molecule has 3 unspecified atom stereocenters. The van der Waals surface area contributed by atoms with Gasteiger partial charge in [-0.15, -0.1) is 0 Å². The summed E-state index contributed by atoms with van der Waals surface area (Å²) in [5.41, 5.74) is 0. The van der Waals surface area contributed by atoms with Crippen molar-refractivity contribution in [1.82, 2.24) is 10.2 Å². The number of imide groups is 1. The van der Waals surface area contributed by atoms with E-state index in [0.29, 0.717) is 18.8 Å². The molecule has 2 saturated heterocycles. The van der Waals surface area contributed by atoms with Crippen LogP contribution < -0.4 is 5.32 Å². The average Bonchev–Trinajstić information content (AvgIpc) is 2.49. The van der Waals surface area contributed by atoms with Crippen molar-refractivity contribution in [3.8, 4) is 0 Å². The fraction of sp³-hybridized carbons (Fsp3) is 0.882. The Morgan fingerprint density at radius 2 is 2.00 bits per heavy atom. The zero-order valence-electron chi connectivity index (χ0n) is 14.2. The minimum absolute atomic E-state index is 0.0747. The fourth-order valence-electron chi connectivity index (χ4n) is 3.51. The van der Waals surface area contributed by atoms with Crippen LogP contribution in [0.4, 0.5) is 0 Å². The number of hydrogen-bond acceptors (Lipinski definition) is 3. The topological polar surface area (TPSA) is 49.4 Å². The lowest BCUT2D eigenvalue weighted by Crippen LogP contribution is -2.55. The van der Waals surface area contributed by atoms with E-state index in [1.54, 1.807) is 0 Å². The Kier molecular flexibility index (Phi) is 7.94. The molecule has 2 aliphatic heterocycles. The van der Waals surface area contributed by atoms with E-state index in [0.717, 1.165) is 19.0 Å². The molecule has 0 aromatic heterocycles. The molecule has 0 bridgehead atoms. The number of carbonyl (C=O) groups is 2. The second kappa shape index (κ2) is 9.19. The number of carbonyl (C=O) groups excluding carboxylic acids is 2. The lowest BCUT2D eigenvalue weighted by Gasteiger charge is -2.40. The molecule has 2 aliphatic rings. The number of hydrogen-bond donors (Lipinski definition) is 1. The summed E-state index contributed by atoms with van der Waals surface area (Å²) in [6, 6.07) is -0.0747. The third-order valence-corrected chi connectivity index (χ3v) is 4.69. The van der Waals surface area contributed by atoms with Crippen molar-refractivity contribution in [2.24, 2.45) is 11.8 Å². The van der Waals surface area contributed by atoms with Crippen molar-refractivity contribution >= 4 is 11.8 Å². The fourth-order valence-corrected chi connectivity index (χ4v) is 3.51. The van der Waals surface area contributed by atoms with Crippen LogP contribution in [0, 0.1) is 11.8 Å². The third kappa shape index (κ3) is 5.10. The molecule has 3 atom stereocenters. The molecule has 0 aromatic carbocycles. The quantitative estimate of drug-likeness (QED) is 0.811. The largest absolute Gasteiger partial charge is 0.295 e. The normalized spacial score (nSPS) is 28.4. The van der Waals surface area contributed by atoms with Crippen molar-refractivity contribution in [2.75, 3.05) is 13.1 Å². The third-order valence-electron chi connectivity index (χ3n) is 4.69. The predicted molar refractivity (Wildman–Crippen MR) is 85.9 cm³/mol. The van der Waals surface area contributed by atoms with E-state index in [1.165, 1.54) is 25.7 Å². The van der Waals surface area contributed by atoms with Crippen LogP contribution >= 0.6 is 0 Å². The van der Waals surface area contributed by atoms with Gasteiger partial charge in [0.1, 0.15) is 0 Å². The SMILES string of the molecule is CC.CCCC(C)C1CCCN(C2CCC(=O)NC2=O)C1. The van der Waals surface area contributed by atoms with E-state index in [9.17, 15) is 9.59 Å². The molecule has 2 heterocycles. The second-order valence-corrected chi connectivity index (χ2v) is 6.13. The first-order chi connectivity index (χ1) is 10.1. The van der Waals surface area contributed by atoms with Crippen molar-refractivity contribution in [1.29, 1.82) is 0 Å². The van der Waals surface area contributed by atoms with Gasteiger partial charge in [-0.1, -0.05) is 40.5 Å². The number of rotatable bonds is 4. The van der Waals surface area contributed by atoms with Gasteiger partial charge in [0.05, 0.1) is 6.04 Å². The van der Waals surface area contributed by atoms with Crippen LogP contribution in [0.15, 0.2) is 0 Å². The Balaban J connectivity index is 0.00000106. The molecule has 122 valence electrons. The van der Waals surface area contributed by atoms with Crippen LogP contribution in [0.1, 0.15) is 66.2 Å². The first-order valence-corrected chi connectivity index (χ1v) is 8.69. The highest BCUT2D eigenvalue weighted by Crippen LogP contribution is 2.29. The van der Waals surface area contributed by atoms with Gasteiger partial charge in [-0.3, -0.25) is 19.8 Å². The Bertz CT molecular complexity index is 344. The highest BCUT2D eigenvalue weighted by molar-refractivity contribution is 6.00. The standard InChI is InChI=1S/C15H26N2O2.C2H6/c1-3-5-11(2)12-6-4-9-17(10-12)13-7-8-14(18)16-15(13)19;1-2/h11-13H,3-10H2,1-2H3,(H,16,18,19);1-2H3. The van der Waals surface area contributed by atoms with E-state index in [1.807, 2.05) is 13.8 Å². The smallest absolute Gasteiger partial charge is 0.243 e. The van der Waals surface area contributed by atoms with Crippen LogP contribution in [0.3, 0.4) is 0 Å². The van der Waals surface area contributed by atoms with Crippen LogP contribution in [0.25, 0.3) is 0 Å². The molecule has 2 amide bonds. The minimum atomic E-state index is -0.117. The molecule has 0 aliphatic carbocycles. The van der Waals surface area contributed by atoms with Crippen molar-refractivity contribution in [3.05, 3.63) is 0 Å². The molecule has 1 N–H and O–H groups in total. The van der Waals surface area contributed by atoms with Gasteiger partial charge in [0.2, 0.25) is 11.8 Å². The van der Waals surface area contributed by atoms with Crippen LogP contribution in [0.5, 0.6) is 0 Å². The number of nitrogens with zero attached hydrogens (tertiary/aromatic N) is 1. The van der Waals surface area contributed by atoms with E-state index >= 15 is 0 Å². The number of likely N-dealkylation sites (tertiary alicyclic amines) is 1. The molecule has 0 spiro atoms. The van der Waals surface area contributed by atoms with Crippen LogP contribution in [-0.2, 0) is 9.59 Å². The highest BCUT2D eigenvalue weighted by Gasteiger charge is 2.35. The summed E-state index contributed by atoms with van der Waals surface area (Å²) < 4.78 is 0. The molecular weight excluding hydrogens is 264 g/mol. The lowest BCUT2D eigenvalue weighted by atomic mass is 9.83. The summed E-state index contributed by atoms with van der Waals surface area (Å²) >= 11 is 0. The monoisotopic (exact) mass is 296 g/mol. The van der Waals surface area contributed by atoms with Crippen molar-refractivity contribution < 1.29 is 9.59 Å². The van der Waals surface area contributed by atoms with Crippen LogP contribution in [-0.4, -0.2) is 35.8 Å². The molecular formula is C17H32N2O2. The summed E-state index contributed by atoms with van der Waals surface area (Å²) in [7, 11) is 0. The number of nitrogens with one attached hydrogen (secondary N) is 1. The van der Waals surface area contributed by atoms with Gasteiger partial charge in [-0.05, 0) is 37.6 Å². The molecule has 2 fully saturated rings. The molecule has 2 rings (SSSR count). The highest BCUT2D eigenvalue weighted by atomic mass is 16.2. The van der Waals surface area contributed by atoms with Crippen LogP contribution in [0.2, 0.25) is 0 Å². The van der Waals surface area contributed by atoms with Gasteiger partial charge >= 0.3 is 0 Å². The lowest BCUT2D eigenvalue weighted by molar-refractivity contribution is -0.138. The van der Waals surface area contributed by atoms with E-state index in [2.05, 4.69) is 24.1 Å². The zero-order chi connectivity index (χ0) is 15.8. The Labute approximate surface area is 129 Å². The average molecular weight is 296 g/mol. The molecule has 0 saturated carbocycles. The zero-order valence-corrected chi connectivity index (χ0v) is 14.2. The van der Waals surface area contributed by atoms with Gasteiger partial charge in [0.15, 0.2) is 0 Å². The van der Waals surface area contributed by atoms with E-state index in [-0.39, 0.29) is 17.9 Å². The number of amides is 2.